The Morgan fingerprint density at radius 2 is 2.00 bits per heavy atom. The van der Waals surface area contributed by atoms with Gasteiger partial charge in [-0.1, -0.05) is 0 Å². The normalized spacial score (nSPS) is 25.7. The molecule has 3 amide bonds. The number of piperidine rings is 1. The van der Waals surface area contributed by atoms with Crippen LogP contribution in [0.1, 0.15) is 32.6 Å². The highest BCUT2D eigenvalue weighted by Gasteiger charge is 2.47. The fraction of sp³-hybridized carbons (Fsp3) is 0.786. The molecule has 2 fully saturated rings. The molecule has 2 aliphatic rings. The van der Waals surface area contributed by atoms with Crippen LogP contribution in [0.15, 0.2) is 0 Å². The predicted octanol–water partition coefficient (Wildman–Crippen LogP) is 0.667. The molecule has 0 bridgehead atoms. The number of likely N-dealkylation sites (tertiary alicyclic amines) is 2. The van der Waals surface area contributed by atoms with Crippen molar-refractivity contribution < 1.29 is 27.6 Å². The van der Waals surface area contributed by atoms with Crippen LogP contribution in [0.2, 0.25) is 0 Å². The van der Waals surface area contributed by atoms with Crippen LogP contribution in [-0.2, 0) is 14.4 Å². The zero-order valence-electron chi connectivity index (χ0n) is 12.9. The number of hydrogen-bond donors (Lipinski definition) is 1. The highest BCUT2D eigenvalue weighted by atomic mass is 19.4. The Balaban J connectivity index is 1.91. The monoisotopic (exact) mass is 335 g/mol. The Bertz CT molecular complexity index is 495. The number of alkyl halides is 3. The van der Waals surface area contributed by atoms with Crippen molar-refractivity contribution in [2.24, 2.45) is 0 Å². The van der Waals surface area contributed by atoms with Gasteiger partial charge in [0.1, 0.15) is 6.04 Å². The van der Waals surface area contributed by atoms with Crippen LogP contribution in [0, 0.1) is 0 Å². The van der Waals surface area contributed by atoms with Crippen LogP contribution in [0.4, 0.5) is 13.2 Å². The lowest BCUT2D eigenvalue weighted by Gasteiger charge is -2.40. The first kappa shape index (κ1) is 17.6. The largest absolute Gasteiger partial charge is 0.408 e. The molecule has 1 N–H and O–H groups in total. The van der Waals surface area contributed by atoms with Gasteiger partial charge in [0.25, 0.3) is 0 Å². The van der Waals surface area contributed by atoms with Crippen molar-refractivity contribution in [3.05, 3.63) is 0 Å². The third-order valence-electron chi connectivity index (χ3n) is 4.24. The van der Waals surface area contributed by atoms with Gasteiger partial charge in [-0.2, -0.15) is 13.2 Å². The number of carbonyl (C=O) groups excluding carboxylic acids is 3. The summed E-state index contributed by atoms with van der Waals surface area (Å²) in [6.45, 7) is 1.36. The summed E-state index contributed by atoms with van der Waals surface area (Å²) in [6.07, 6.45) is -3.43. The second-order valence-corrected chi connectivity index (χ2v) is 5.99. The number of rotatable bonds is 3. The molecule has 0 aromatic rings. The molecular formula is C14H20F3N3O3. The van der Waals surface area contributed by atoms with Gasteiger partial charge >= 0.3 is 6.18 Å². The van der Waals surface area contributed by atoms with Gasteiger partial charge in [-0.3, -0.25) is 14.4 Å². The highest BCUT2D eigenvalue weighted by Crippen LogP contribution is 2.32. The van der Waals surface area contributed by atoms with Crippen LogP contribution in [-0.4, -0.2) is 65.4 Å². The predicted molar refractivity (Wildman–Crippen MR) is 74.2 cm³/mol. The Labute approximate surface area is 132 Å². The summed E-state index contributed by atoms with van der Waals surface area (Å²) in [5.41, 5.74) is 0. The molecule has 0 unspecified atom stereocenters. The molecule has 2 heterocycles. The Hall–Kier alpha value is -1.80. The Morgan fingerprint density at radius 3 is 2.52 bits per heavy atom. The van der Waals surface area contributed by atoms with Gasteiger partial charge in [-0.05, 0) is 19.3 Å². The number of halogens is 3. The number of nitrogens with zero attached hydrogens (tertiary/aromatic N) is 2. The molecule has 2 rings (SSSR count). The maximum absolute atomic E-state index is 12.9. The summed E-state index contributed by atoms with van der Waals surface area (Å²) in [7, 11) is 0. The zero-order chi connectivity index (χ0) is 17.2. The van der Waals surface area contributed by atoms with Crippen LogP contribution >= 0.6 is 0 Å². The van der Waals surface area contributed by atoms with Gasteiger partial charge in [0.05, 0.1) is 6.54 Å². The number of carbonyl (C=O) groups is 3. The molecule has 130 valence electrons. The van der Waals surface area contributed by atoms with E-state index in [1.54, 1.807) is 0 Å². The van der Waals surface area contributed by atoms with Crippen molar-refractivity contribution in [3.8, 4) is 0 Å². The molecule has 0 spiro atoms. The van der Waals surface area contributed by atoms with E-state index in [2.05, 4.69) is 5.32 Å². The van der Waals surface area contributed by atoms with Crippen molar-refractivity contribution in [1.82, 2.24) is 15.1 Å². The number of hydrogen-bond acceptors (Lipinski definition) is 3. The van der Waals surface area contributed by atoms with Gasteiger partial charge in [-0.15, -0.1) is 0 Å². The molecule has 23 heavy (non-hydrogen) atoms. The minimum Gasteiger partial charge on any atom is -0.350 e. The number of nitrogens with one attached hydrogen (secondary N) is 1. The fourth-order valence-corrected chi connectivity index (χ4v) is 3.09. The van der Waals surface area contributed by atoms with E-state index in [1.807, 2.05) is 0 Å². The second-order valence-electron chi connectivity index (χ2n) is 5.99. The first-order valence-corrected chi connectivity index (χ1v) is 7.59. The SMILES string of the molecule is CC(=O)N1C[C@H](NC(=O)CN2CCCC2=O)CC[C@@H]1C(F)(F)F. The van der Waals surface area contributed by atoms with Crippen molar-refractivity contribution in [2.75, 3.05) is 19.6 Å². The van der Waals surface area contributed by atoms with Crippen LogP contribution in [0.5, 0.6) is 0 Å². The minimum atomic E-state index is -4.47. The molecule has 2 saturated heterocycles. The van der Waals surface area contributed by atoms with Crippen LogP contribution < -0.4 is 5.32 Å². The lowest BCUT2D eigenvalue weighted by atomic mass is 9.97. The van der Waals surface area contributed by atoms with Crippen LogP contribution in [0.25, 0.3) is 0 Å². The zero-order valence-corrected chi connectivity index (χ0v) is 12.9. The summed E-state index contributed by atoms with van der Waals surface area (Å²) in [4.78, 5) is 37.1. The Morgan fingerprint density at radius 1 is 1.30 bits per heavy atom. The maximum atomic E-state index is 12.9. The molecular weight excluding hydrogens is 315 g/mol. The van der Waals surface area contributed by atoms with Crippen LogP contribution in [0.3, 0.4) is 0 Å². The molecule has 2 atom stereocenters. The van der Waals surface area contributed by atoms with E-state index in [0.717, 1.165) is 11.8 Å². The van der Waals surface area contributed by atoms with E-state index < -0.39 is 30.1 Å². The number of amides is 3. The molecule has 0 aliphatic carbocycles. The summed E-state index contributed by atoms with van der Waals surface area (Å²) in [6, 6.07) is -2.32. The van der Waals surface area contributed by atoms with Gasteiger partial charge in [0, 0.05) is 32.5 Å². The van der Waals surface area contributed by atoms with E-state index in [1.165, 1.54) is 4.90 Å². The lowest BCUT2D eigenvalue weighted by molar-refractivity contribution is -0.196. The average Bonchev–Trinajstić information content (AvgIpc) is 2.82. The summed E-state index contributed by atoms with van der Waals surface area (Å²) < 4.78 is 38.8. The molecule has 6 nitrogen and oxygen atoms in total. The minimum absolute atomic E-state index is 0.0852. The Kier molecular flexibility index (Phi) is 5.16. The molecule has 0 aromatic heterocycles. The first-order chi connectivity index (χ1) is 10.7. The third kappa shape index (κ3) is 4.35. The van der Waals surface area contributed by atoms with Gasteiger partial charge in [-0.25, -0.2) is 0 Å². The van der Waals surface area contributed by atoms with Crippen molar-refractivity contribution in [3.63, 3.8) is 0 Å². The summed E-state index contributed by atoms with van der Waals surface area (Å²) >= 11 is 0. The van der Waals surface area contributed by atoms with E-state index in [9.17, 15) is 27.6 Å². The van der Waals surface area contributed by atoms with Gasteiger partial charge in [0.15, 0.2) is 0 Å². The molecule has 2 aliphatic heterocycles. The standard InChI is InChI=1S/C14H20F3N3O3/c1-9(21)20-7-10(4-5-11(20)14(15,16)17)18-12(22)8-19-6-2-3-13(19)23/h10-11H,2-8H2,1H3,(H,18,22)/t10-,11-/m1/s1. The molecule has 0 saturated carbocycles. The molecule has 9 heteroatoms. The van der Waals surface area contributed by atoms with E-state index >= 15 is 0 Å². The second kappa shape index (κ2) is 6.76. The first-order valence-electron chi connectivity index (χ1n) is 7.59. The fourth-order valence-electron chi connectivity index (χ4n) is 3.09. The average molecular weight is 335 g/mol. The smallest absolute Gasteiger partial charge is 0.350 e. The van der Waals surface area contributed by atoms with Gasteiger partial charge < -0.3 is 15.1 Å². The lowest BCUT2D eigenvalue weighted by Crippen LogP contribution is -2.58. The maximum Gasteiger partial charge on any atom is 0.408 e. The van der Waals surface area contributed by atoms with E-state index in [4.69, 9.17) is 0 Å². The molecule has 0 aromatic carbocycles. The van der Waals surface area contributed by atoms with Crippen molar-refractivity contribution in [2.45, 2.75) is 50.9 Å². The molecule has 0 radical (unpaired) electrons. The van der Waals surface area contributed by atoms with Crippen molar-refractivity contribution >= 4 is 17.7 Å². The van der Waals surface area contributed by atoms with E-state index in [0.29, 0.717) is 19.4 Å². The summed E-state index contributed by atoms with van der Waals surface area (Å²) in [5.74, 6) is -1.16. The quantitative estimate of drug-likeness (QED) is 0.824. The van der Waals surface area contributed by atoms with Gasteiger partial charge in [0.2, 0.25) is 17.7 Å². The topological polar surface area (TPSA) is 69.7 Å². The highest BCUT2D eigenvalue weighted by molar-refractivity contribution is 5.86. The third-order valence-corrected chi connectivity index (χ3v) is 4.24. The summed E-state index contributed by atoms with van der Waals surface area (Å²) in [5, 5.41) is 2.63. The van der Waals surface area contributed by atoms with Crippen molar-refractivity contribution in [1.29, 1.82) is 0 Å². The van der Waals surface area contributed by atoms with E-state index in [-0.39, 0.29) is 31.8 Å².